The minimum Gasteiger partial charge on any atom is -0.459 e. The SMILES string of the molecule is C=C1C(=O)O[C@@H]2/C=C(/C)[C@@]3(O)C[C@H](O)[C@@](C)(C[C@@H](OC(=O)[C@]4(C)O[C@H]4C)[C@@H]12)O3. The fourth-order valence-corrected chi connectivity index (χ4v) is 4.39. The molecule has 0 aromatic carbocycles. The van der Waals surface area contributed by atoms with Crippen LogP contribution in [-0.4, -0.2) is 63.6 Å². The Balaban J connectivity index is 1.74. The topological polar surface area (TPSA) is 115 Å². The van der Waals surface area contributed by atoms with Gasteiger partial charge in [0.2, 0.25) is 0 Å². The van der Waals surface area contributed by atoms with Gasteiger partial charge in [0.05, 0.1) is 23.7 Å². The molecule has 3 saturated heterocycles. The lowest BCUT2D eigenvalue weighted by molar-refractivity contribution is -0.209. The Morgan fingerprint density at radius 1 is 1.36 bits per heavy atom. The minimum atomic E-state index is -1.69. The van der Waals surface area contributed by atoms with E-state index in [1.807, 2.05) is 0 Å². The fraction of sp³-hybridized carbons (Fsp3) is 0.700. The molecular weight excluding hydrogens is 368 g/mol. The number of ether oxygens (including phenoxy) is 4. The number of aliphatic hydroxyl groups excluding tert-OH is 1. The molecule has 0 radical (unpaired) electrons. The van der Waals surface area contributed by atoms with Gasteiger partial charge in [0, 0.05) is 18.4 Å². The molecule has 0 aromatic rings. The van der Waals surface area contributed by atoms with Crippen LogP contribution in [0.1, 0.15) is 40.5 Å². The van der Waals surface area contributed by atoms with Gasteiger partial charge in [-0.3, -0.25) is 0 Å². The molecule has 8 atom stereocenters. The summed E-state index contributed by atoms with van der Waals surface area (Å²) in [6.07, 6.45) is -1.25. The van der Waals surface area contributed by atoms with Gasteiger partial charge in [-0.25, -0.2) is 9.59 Å². The predicted molar refractivity (Wildman–Crippen MR) is 94.8 cm³/mol. The van der Waals surface area contributed by atoms with Crippen LogP contribution < -0.4 is 0 Å². The van der Waals surface area contributed by atoms with Crippen LogP contribution in [0.15, 0.2) is 23.8 Å². The van der Waals surface area contributed by atoms with E-state index in [4.69, 9.17) is 18.9 Å². The van der Waals surface area contributed by atoms with Crippen LogP contribution >= 0.6 is 0 Å². The molecular formula is C20H26O8. The first-order valence-electron chi connectivity index (χ1n) is 9.48. The van der Waals surface area contributed by atoms with Gasteiger partial charge in [-0.2, -0.15) is 0 Å². The molecule has 8 nitrogen and oxygen atoms in total. The summed E-state index contributed by atoms with van der Waals surface area (Å²) in [6, 6.07) is 0. The normalized spacial score (nSPS) is 51.9. The van der Waals surface area contributed by atoms with Crippen LogP contribution in [-0.2, 0) is 28.5 Å². The van der Waals surface area contributed by atoms with Crippen molar-refractivity contribution in [2.24, 2.45) is 5.92 Å². The summed E-state index contributed by atoms with van der Waals surface area (Å²) >= 11 is 0. The molecule has 3 fully saturated rings. The number of carbonyl (C=O) groups excluding carboxylic acids is 2. The zero-order valence-corrected chi connectivity index (χ0v) is 16.4. The van der Waals surface area contributed by atoms with Crippen LogP contribution in [0.5, 0.6) is 0 Å². The Kier molecular flexibility index (Phi) is 4.11. The molecule has 2 N–H and O–H groups in total. The van der Waals surface area contributed by atoms with Crippen molar-refractivity contribution in [1.82, 2.24) is 0 Å². The monoisotopic (exact) mass is 394 g/mol. The van der Waals surface area contributed by atoms with E-state index in [1.165, 1.54) is 0 Å². The van der Waals surface area contributed by atoms with Crippen molar-refractivity contribution < 1.29 is 38.7 Å². The number of carbonyl (C=O) groups is 2. The van der Waals surface area contributed by atoms with Gasteiger partial charge in [-0.1, -0.05) is 6.58 Å². The molecule has 154 valence electrons. The second-order valence-corrected chi connectivity index (χ2v) is 8.70. The van der Waals surface area contributed by atoms with Crippen LogP contribution in [0.25, 0.3) is 0 Å². The van der Waals surface area contributed by atoms with Crippen molar-refractivity contribution >= 4 is 11.9 Å². The summed E-state index contributed by atoms with van der Waals surface area (Å²) in [4.78, 5) is 24.9. The number of hydrogen-bond acceptors (Lipinski definition) is 8. The summed E-state index contributed by atoms with van der Waals surface area (Å²) in [5, 5.41) is 21.5. The van der Waals surface area contributed by atoms with Crippen molar-refractivity contribution in [3.8, 4) is 0 Å². The first-order valence-corrected chi connectivity index (χ1v) is 9.48. The van der Waals surface area contributed by atoms with Gasteiger partial charge >= 0.3 is 11.9 Å². The molecule has 4 heterocycles. The highest BCUT2D eigenvalue weighted by atomic mass is 16.7. The van der Waals surface area contributed by atoms with E-state index in [9.17, 15) is 19.8 Å². The van der Waals surface area contributed by atoms with E-state index in [2.05, 4.69) is 6.58 Å². The highest BCUT2D eigenvalue weighted by molar-refractivity contribution is 5.91. The predicted octanol–water partition coefficient (Wildman–Crippen LogP) is 0.752. The standard InChI is InChI=1S/C20H26O8/c1-9-6-12-15(10(2)16(22)25-12)13(26-17(23)19(5)11(3)27-19)7-18(4)14(21)8-20(9,24)28-18/h6,11-15,21,24H,2,7-8H2,1,3-5H3/b9-6-/t11-,12+,13+,14-,15-,18+,19+,20+/m0/s1. The highest BCUT2D eigenvalue weighted by Gasteiger charge is 2.61. The molecule has 0 aromatic heterocycles. The average Bonchev–Trinajstić information content (AvgIpc) is 2.99. The van der Waals surface area contributed by atoms with Crippen LogP contribution in [0.3, 0.4) is 0 Å². The summed E-state index contributed by atoms with van der Waals surface area (Å²) < 4.78 is 22.5. The Labute approximate surface area is 163 Å². The molecule has 4 rings (SSSR count). The molecule has 0 aliphatic carbocycles. The van der Waals surface area contributed by atoms with E-state index < -0.39 is 53.2 Å². The number of esters is 2. The lowest BCUT2D eigenvalue weighted by Crippen LogP contribution is -2.45. The maximum absolute atomic E-state index is 12.7. The molecule has 28 heavy (non-hydrogen) atoms. The van der Waals surface area contributed by atoms with Crippen molar-refractivity contribution in [2.45, 2.75) is 81.9 Å². The second kappa shape index (κ2) is 5.89. The number of fused-ring (bicyclic) bond motifs is 3. The summed E-state index contributed by atoms with van der Waals surface area (Å²) in [5.41, 5.74) is -1.62. The van der Waals surface area contributed by atoms with E-state index in [-0.39, 0.29) is 24.5 Å². The lowest BCUT2D eigenvalue weighted by Gasteiger charge is -2.34. The molecule has 0 unspecified atom stereocenters. The third kappa shape index (κ3) is 2.74. The Morgan fingerprint density at radius 3 is 2.61 bits per heavy atom. The fourth-order valence-electron chi connectivity index (χ4n) is 4.39. The van der Waals surface area contributed by atoms with Crippen molar-refractivity contribution in [3.05, 3.63) is 23.8 Å². The van der Waals surface area contributed by atoms with Gasteiger partial charge in [0.1, 0.15) is 12.2 Å². The molecule has 0 spiro atoms. The van der Waals surface area contributed by atoms with Crippen molar-refractivity contribution in [3.63, 3.8) is 0 Å². The third-order valence-electron chi connectivity index (χ3n) is 6.68. The van der Waals surface area contributed by atoms with Gasteiger partial charge in [0.15, 0.2) is 11.4 Å². The zero-order chi connectivity index (χ0) is 20.6. The minimum absolute atomic E-state index is 0.0311. The Hall–Kier alpha value is -1.74. The number of rotatable bonds is 2. The van der Waals surface area contributed by atoms with E-state index in [0.29, 0.717) is 5.57 Å². The number of hydrogen-bond donors (Lipinski definition) is 2. The molecule has 4 aliphatic rings. The Bertz CT molecular complexity index is 789. The second-order valence-electron chi connectivity index (χ2n) is 8.70. The smallest absolute Gasteiger partial charge is 0.341 e. The summed E-state index contributed by atoms with van der Waals surface area (Å²) in [5.74, 6) is -3.47. The third-order valence-corrected chi connectivity index (χ3v) is 6.68. The average molecular weight is 394 g/mol. The first-order chi connectivity index (χ1) is 12.9. The van der Waals surface area contributed by atoms with Gasteiger partial charge in [0.25, 0.3) is 0 Å². The largest absolute Gasteiger partial charge is 0.459 e. The van der Waals surface area contributed by atoms with Crippen LogP contribution in [0.2, 0.25) is 0 Å². The molecule has 8 heteroatoms. The number of epoxide rings is 1. The van der Waals surface area contributed by atoms with Gasteiger partial charge < -0.3 is 29.2 Å². The van der Waals surface area contributed by atoms with E-state index in [1.54, 1.807) is 33.8 Å². The van der Waals surface area contributed by atoms with E-state index in [0.717, 1.165) is 0 Å². The van der Waals surface area contributed by atoms with Crippen LogP contribution in [0, 0.1) is 5.92 Å². The van der Waals surface area contributed by atoms with Crippen molar-refractivity contribution in [2.75, 3.05) is 0 Å². The Morgan fingerprint density at radius 2 is 2.00 bits per heavy atom. The summed E-state index contributed by atoms with van der Waals surface area (Å²) in [7, 11) is 0. The summed E-state index contributed by atoms with van der Waals surface area (Å²) in [6.45, 7) is 10.5. The number of aliphatic hydroxyl groups is 2. The van der Waals surface area contributed by atoms with Crippen molar-refractivity contribution in [1.29, 1.82) is 0 Å². The highest BCUT2D eigenvalue weighted by Crippen LogP contribution is 2.48. The zero-order valence-electron chi connectivity index (χ0n) is 16.4. The quantitative estimate of drug-likeness (QED) is 0.305. The molecule has 2 bridgehead atoms. The van der Waals surface area contributed by atoms with Gasteiger partial charge in [-0.15, -0.1) is 0 Å². The first kappa shape index (κ1) is 19.6. The van der Waals surface area contributed by atoms with Gasteiger partial charge in [-0.05, 0) is 39.3 Å². The molecule has 0 saturated carbocycles. The maximum Gasteiger partial charge on any atom is 0.341 e. The van der Waals surface area contributed by atoms with E-state index >= 15 is 0 Å². The van der Waals surface area contributed by atoms with Crippen LogP contribution in [0.4, 0.5) is 0 Å². The lowest BCUT2D eigenvalue weighted by atomic mass is 9.80. The maximum atomic E-state index is 12.7. The molecule has 0 amide bonds. The molecule has 4 aliphatic heterocycles.